The molecule has 0 unspecified atom stereocenters. The monoisotopic (exact) mass is 614 g/mol. The van der Waals surface area contributed by atoms with Gasteiger partial charge >= 0.3 is 5.69 Å². The predicted molar refractivity (Wildman–Crippen MR) is 175 cm³/mol. The molecule has 1 atom stereocenters. The van der Waals surface area contributed by atoms with Gasteiger partial charge in [0.2, 0.25) is 11.8 Å². The van der Waals surface area contributed by atoms with Gasteiger partial charge in [0, 0.05) is 57.4 Å². The molecular weight excluding hydrogens is 576 g/mol. The van der Waals surface area contributed by atoms with Crippen molar-refractivity contribution in [1.82, 2.24) is 19.4 Å². The molecule has 0 bridgehead atoms. The predicted octanol–water partition coefficient (Wildman–Crippen LogP) is 4.63. The summed E-state index contributed by atoms with van der Waals surface area (Å²) >= 11 is 6.41. The summed E-state index contributed by atoms with van der Waals surface area (Å²) < 4.78 is 1.83. The molecular formula is C34H39ClN6O3. The van der Waals surface area contributed by atoms with Crippen molar-refractivity contribution in [3.05, 3.63) is 93.4 Å². The number of imidazole rings is 1. The van der Waals surface area contributed by atoms with Crippen LogP contribution in [0.15, 0.2) is 71.5 Å². The van der Waals surface area contributed by atoms with Crippen LogP contribution in [0.25, 0.3) is 11.0 Å². The number of nitrogens with two attached hydrogens (primary N) is 1. The van der Waals surface area contributed by atoms with Crippen molar-refractivity contribution in [3.63, 3.8) is 0 Å². The number of piperazine rings is 1. The second-order valence-corrected chi connectivity index (χ2v) is 12.4. The van der Waals surface area contributed by atoms with Gasteiger partial charge < -0.3 is 25.4 Å². The molecule has 6 rings (SSSR count). The summed E-state index contributed by atoms with van der Waals surface area (Å²) in [5.74, 6) is -0.551. The molecule has 230 valence electrons. The molecule has 2 saturated heterocycles. The van der Waals surface area contributed by atoms with Crippen molar-refractivity contribution in [3.8, 4) is 0 Å². The number of aromatic nitrogens is 2. The maximum absolute atomic E-state index is 14.0. The highest BCUT2D eigenvalue weighted by atomic mass is 35.5. The van der Waals surface area contributed by atoms with Gasteiger partial charge in [0.15, 0.2) is 0 Å². The van der Waals surface area contributed by atoms with Crippen LogP contribution in [0.3, 0.4) is 0 Å². The van der Waals surface area contributed by atoms with E-state index in [2.05, 4.69) is 22.0 Å². The number of para-hydroxylation sites is 3. The second-order valence-electron chi connectivity index (χ2n) is 12.0. The number of fused-ring (bicyclic) bond motifs is 1. The lowest BCUT2D eigenvalue weighted by Crippen LogP contribution is -2.51. The highest BCUT2D eigenvalue weighted by molar-refractivity contribution is 6.33. The molecule has 1 aromatic heterocycles. The molecule has 2 amide bonds. The number of carbonyl (C=O) groups excluding carboxylic acids is 2. The van der Waals surface area contributed by atoms with Crippen LogP contribution >= 0.6 is 11.6 Å². The Bertz CT molecular complexity index is 1680. The average Bonchev–Trinajstić information content (AvgIpc) is 3.39. The van der Waals surface area contributed by atoms with Gasteiger partial charge in [-0.15, -0.1) is 0 Å². The van der Waals surface area contributed by atoms with Crippen molar-refractivity contribution < 1.29 is 9.59 Å². The Morgan fingerprint density at radius 1 is 0.932 bits per heavy atom. The van der Waals surface area contributed by atoms with Gasteiger partial charge in [-0.2, -0.15) is 0 Å². The normalized spacial score (nSPS) is 16.8. The third-order valence-corrected chi connectivity index (χ3v) is 9.48. The number of nitrogens with one attached hydrogen (secondary N) is 1. The molecule has 3 heterocycles. The minimum absolute atomic E-state index is 0.00288. The molecule has 2 aliphatic heterocycles. The van der Waals surface area contributed by atoms with Crippen LogP contribution < -0.4 is 16.3 Å². The number of H-pyrrole nitrogens is 1. The van der Waals surface area contributed by atoms with Crippen LogP contribution in [0.1, 0.15) is 36.4 Å². The van der Waals surface area contributed by atoms with E-state index in [1.807, 2.05) is 75.9 Å². The molecule has 3 aromatic carbocycles. The number of hydrogen-bond acceptors (Lipinski definition) is 5. The Morgan fingerprint density at radius 2 is 1.61 bits per heavy atom. The first-order chi connectivity index (χ1) is 21.3. The van der Waals surface area contributed by atoms with Crippen molar-refractivity contribution in [2.45, 2.75) is 38.6 Å². The highest BCUT2D eigenvalue weighted by Gasteiger charge is 2.33. The lowest BCUT2D eigenvalue weighted by Gasteiger charge is -2.38. The van der Waals surface area contributed by atoms with Crippen molar-refractivity contribution in [2.24, 2.45) is 5.92 Å². The van der Waals surface area contributed by atoms with Gasteiger partial charge in [-0.1, -0.05) is 48.0 Å². The molecule has 2 fully saturated rings. The fourth-order valence-electron chi connectivity index (χ4n) is 6.71. The Morgan fingerprint density at radius 3 is 2.32 bits per heavy atom. The van der Waals surface area contributed by atoms with E-state index in [1.165, 1.54) is 0 Å². The zero-order chi connectivity index (χ0) is 30.8. The van der Waals surface area contributed by atoms with Crippen LogP contribution in [-0.4, -0.2) is 70.4 Å². The number of nitrogen functional groups attached to an aromatic ring is 1. The molecule has 0 radical (unpaired) electrons. The Labute approximate surface area is 262 Å². The number of aromatic amines is 1. The fraction of sp³-hybridized carbons (Fsp3) is 0.382. The summed E-state index contributed by atoms with van der Waals surface area (Å²) in [5, 5.41) is 0.462. The van der Waals surface area contributed by atoms with E-state index < -0.39 is 5.92 Å². The Kier molecular flexibility index (Phi) is 8.66. The molecule has 9 nitrogen and oxygen atoms in total. The summed E-state index contributed by atoms with van der Waals surface area (Å²) in [6, 6.07) is 21.7. The number of rotatable bonds is 7. The molecule has 2 aliphatic rings. The third kappa shape index (κ3) is 6.19. The largest absolute Gasteiger partial charge is 0.397 e. The third-order valence-electron chi connectivity index (χ3n) is 9.17. The van der Waals surface area contributed by atoms with E-state index in [-0.39, 0.29) is 30.0 Å². The fourth-order valence-corrected chi connectivity index (χ4v) is 7.00. The number of nitrogens with zero attached hydrogens (tertiary/aromatic N) is 4. The first-order valence-electron chi connectivity index (χ1n) is 15.4. The minimum atomic E-state index is -0.515. The number of aryl methyl sites for hydroxylation is 1. The maximum atomic E-state index is 14.0. The number of piperidine rings is 1. The van der Waals surface area contributed by atoms with Gasteiger partial charge in [0.05, 0.1) is 27.7 Å². The first kappa shape index (κ1) is 29.8. The lowest BCUT2D eigenvalue weighted by molar-refractivity contribution is -0.142. The van der Waals surface area contributed by atoms with E-state index in [0.717, 1.165) is 40.9 Å². The molecule has 10 heteroatoms. The van der Waals surface area contributed by atoms with Gasteiger partial charge in [0.25, 0.3) is 0 Å². The standard InChI is InChI=1S/C34H39ClN6O3/c1-23-19-24(21-28(35)32(23)36)20-25(33(43)40-17-15-38(16-18-40)26-7-3-2-4-8-26)22-31(42)39-13-11-27(12-14-39)41-30-10-6-5-9-29(30)37-34(41)44/h2-10,19,21,25,27H,11-18,20,22,36H2,1H3,(H,37,44)/t25-/m0/s1. The van der Waals surface area contributed by atoms with Crippen molar-refractivity contribution in [2.75, 3.05) is 49.9 Å². The number of amides is 2. The summed E-state index contributed by atoms with van der Waals surface area (Å²) in [6.45, 7) is 5.67. The number of likely N-dealkylation sites (tertiary alicyclic amines) is 1. The number of benzene rings is 3. The lowest BCUT2D eigenvalue weighted by atomic mass is 9.92. The number of hydrogen-bond donors (Lipinski definition) is 2. The first-order valence-corrected chi connectivity index (χ1v) is 15.8. The maximum Gasteiger partial charge on any atom is 0.326 e. The Hall–Kier alpha value is -4.24. The topological polar surface area (TPSA) is 108 Å². The average molecular weight is 615 g/mol. The number of halogens is 1. The molecule has 4 aromatic rings. The van der Waals surface area contributed by atoms with E-state index >= 15 is 0 Å². The molecule has 44 heavy (non-hydrogen) atoms. The van der Waals surface area contributed by atoms with E-state index in [1.54, 1.807) is 0 Å². The molecule has 0 saturated carbocycles. The number of carbonyl (C=O) groups is 2. The second kappa shape index (κ2) is 12.8. The van der Waals surface area contributed by atoms with Crippen LogP contribution in [-0.2, 0) is 16.0 Å². The van der Waals surface area contributed by atoms with Crippen LogP contribution in [0.2, 0.25) is 5.02 Å². The summed E-state index contributed by atoms with van der Waals surface area (Å²) in [7, 11) is 0. The summed E-state index contributed by atoms with van der Waals surface area (Å²) in [6.07, 6.45) is 1.89. The zero-order valence-electron chi connectivity index (χ0n) is 25.0. The smallest absolute Gasteiger partial charge is 0.326 e. The van der Waals surface area contributed by atoms with Gasteiger partial charge in [-0.05, 0) is 67.6 Å². The van der Waals surface area contributed by atoms with Crippen LogP contribution in [0.5, 0.6) is 0 Å². The van der Waals surface area contributed by atoms with E-state index in [9.17, 15) is 14.4 Å². The summed E-state index contributed by atoms with van der Waals surface area (Å²) in [4.78, 5) is 49.4. The molecule has 0 spiro atoms. The van der Waals surface area contributed by atoms with Gasteiger partial charge in [-0.3, -0.25) is 14.2 Å². The van der Waals surface area contributed by atoms with Crippen LogP contribution in [0.4, 0.5) is 11.4 Å². The zero-order valence-corrected chi connectivity index (χ0v) is 25.8. The van der Waals surface area contributed by atoms with E-state index in [4.69, 9.17) is 17.3 Å². The van der Waals surface area contributed by atoms with E-state index in [0.29, 0.717) is 56.2 Å². The van der Waals surface area contributed by atoms with Gasteiger partial charge in [-0.25, -0.2) is 4.79 Å². The SMILES string of the molecule is Cc1cc(C[C@@H](CC(=O)N2CCC(n3c(=O)[nH]c4ccccc43)CC2)C(=O)N2CCN(c3ccccc3)CC2)cc(Cl)c1N. The molecule has 3 N–H and O–H groups in total. The van der Waals surface area contributed by atoms with Crippen molar-refractivity contribution in [1.29, 1.82) is 0 Å². The molecule has 0 aliphatic carbocycles. The quantitative estimate of drug-likeness (QED) is 0.295. The number of anilines is 2. The van der Waals surface area contributed by atoms with Gasteiger partial charge in [0.1, 0.15) is 0 Å². The Balaban J connectivity index is 1.14. The minimum Gasteiger partial charge on any atom is -0.397 e. The van der Waals surface area contributed by atoms with Crippen LogP contribution in [0, 0.1) is 12.8 Å². The van der Waals surface area contributed by atoms with Crippen molar-refractivity contribution >= 4 is 45.8 Å². The summed E-state index contributed by atoms with van der Waals surface area (Å²) in [5.41, 5.74) is 11.1. The highest BCUT2D eigenvalue weighted by Crippen LogP contribution is 2.29.